The predicted molar refractivity (Wildman–Crippen MR) is 68.3 cm³/mol. The fourth-order valence-corrected chi connectivity index (χ4v) is 2.17. The first kappa shape index (κ1) is 14.3. The Morgan fingerprint density at radius 1 is 1.35 bits per heavy atom. The molecule has 0 aromatic heterocycles. The van der Waals surface area contributed by atoms with Crippen LogP contribution in [0.4, 0.5) is 0 Å². The van der Waals surface area contributed by atoms with Gasteiger partial charge in [0, 0.05) is 4.90 Å². The molecule has 1 aromatic carbocycles. The third-order valence-electron chi connectivity index (χ3n) is 2.00. The Morgan fingerprint density at radius 2 is 2.00 bits per heavy atom. The van der Waals surface area contributed by atoms with Crippen molar-refractivity contribution in [2.75, 3.05) is 19.0 Å². The summed E-state index contributed by atoms with van der Waals surface area (Å²) in [6.45, 7) is -0.558. The van der Waals surface area contributed by atoms with E-state index >= 15 is 0 Å². The Hall–Kier alpha value is -0.750. The molecule has 1 aromatic rings. The van der Waals surface area contributed by atoms with Crippen LogP contribution < -0.4 is 5.32 Å². The summed E-state index contributed by atoms with van der Waals surface area (Å²) in [6.07, 6.45) is 0. The minimum absolute atomic E-state index is 0.195. The van der Waals surface area contributed by atoms with Crippen molar-refractivity contribution in [2.45, 2.75) is 10.9 Å². The highest BCUT2D eigenvalue weighted by molar-refractivity contribution is 8.00. The molecule has 0 unspecified atom stereocenters. The zero-order valence-electron chi connectivity index (χ0n) is 9.10. The van der Waals surface area contributed by atoms with Gasteiger partial charge in [0.1, 0.15) is 0 Å². The summed E-state index contributed by atoms with van der Waals surface area (Å²) < 4.78 is 0. The number of thioether (sulfide) groups is 1. The van der Waals surface area contributed by atoms with Crippen molar-refractivity contribution in [3.63, 3.8) is 0 Å². The highest BCUT2D eigenvalue weighted by Gasteiger charge is 2.10. The summed E-state index contributed by atoms with van der Waals surface area (Å²) >= 11 is 7.25. The summed E-state index contributed by atoms with van der Waals surface area (Å²) in [5, 5.41) is 20.7. The molecule has 0 heterocycles. The molecule has 94 valence electrons. The van der Waals surface area contributed by atoms with Gasteiger partial charge in [0.05, 0.1) is 30.0 Å². The van der Waals surface area contributed by atoms with Gasteiger partial charge in [-0.2, -0.15) is 0 Å². The number of carbonyl (C=O) groups excluding carboxylic acids is 1. The van der Waals surface area contributed by atoms with Crippen LogP contribution in [-0.4, -0.2) is 41.1 Å². The van der Waals surface area contributed by atoms with E-state index < -0.39 is 6.04 Å². The highest BCUT2D eigenvalue weighted by Crippen LogP contribution is 2.26. The lowest BCUT2D eigenvalue weighted by Gasteiger charge is -2.13. The molecule has 4 nitrogen and oxygen atoms in total. The predicted octanol–water partition coefficient (Wildman–Crippen LogP) is 0.901. The number of carbonyl (C=O) groups is 1. The maximum atomic E-state index is 11.5. The van der Waals surface area contributed by atoms with Gasteiger partial charge in [-0.15, -0.1) is 11.8 Å². The van der Waals surface area contributed by atoms with E-state index in [4.69, 9.17) is 21.8 Å². The van der Waals surface area contributed by atoms with E-state index in [0.717, 1.165) is 4.90 Å². The summed E-state index contributed by atoms with van der Waals surface area (Å²) in [7, 11) is 0. The molecule has 0 fully saturated rings. The van der Waals surface area contributed by atoms with Crippen molar-refractivity contribution in [1.29, 1.82) is 0 Å². The largest absolute Gasteiger partial charge is 0.394 e. The average Bonchev–Trinajstić information content (AvgIpc) is 2.35. The maximum Gasteiger partial charge on any atom is 0.230 e. The first-order valence-electron chi connectivity index (χ1n) is 5.05. The van der Waals surface area contributed by atoms with E-state index in [9.17, 15) is 4.79 Å². The van der Waals surface area contributed by atoms with Crippen LogP contribution >= 0.6 is 23.4 Å². The SMILES string of the molecule is O=C(CSc1ccccc1Cl)NC(CO)CO. The highest BCUT2D eigenvalue weighted by atomic mass is 35.5. The van der Waals surface area contributed by atoms with Gasteiger partial charge < -0.3 is 15.5 Å². The molecule has 1 amide bonds. The average molecular weight is 276 g/mol. The molecule has 0 spiro atoms. The minimum Gasteiger partial charge on any atom is -0.394 e. The van der Waals surface area contributed by atoms with Crippen LogP contribution in [0.2, 0.25) is 5.02 Å². The smallest absolute Gasteiger partial charge is 0.230 e. The molecule has 3 N–H and O–H groups in total. The van der Waals surface area contributed by atoms with E-state index in [1.165, 1.54) is 11.8 Å². The van der Waals surface area contributed by atoms with Gasteiger partial charge >= 0.3 is 0 Å². The normalized spacial score (nSPS) is 10.6. The number of halogens is 1. The van der Waals surface area contributed by atoms with Crippen LogP contribution in [0.3, 0.4) is 0 Å². The zero-order chi connectivity index (χ0) is 12.7. The quantitative estimate of drug-likeness (QED) is 0.675. The Kier molecular flexibility index (Phi) is 6.36. The Balaban J connectivity index is 2.41. The topological polar surface area (TPSA) is 69.6 Å². The summed E-state index contributed by atoms with van der Waals surface area (Å²) in [5.74, 6) is -0.0525. The molecular weight excluding hydrogens is 262 g/mol. The molecule has 0 aliphatic rings. The van der Waals surface area contributed by atoms with E-state index in [0.29, 0.717) is 5.02 Å². The number of aliphatic hydroxyl groups excluding tert-OH is 2. The first-order chi connectivity index (χ1) is 8.17. The molecule has 6 heteroatoms. The molecular formula is C11H14ClNO3S. The third kappa shape index (κ3) is 4.95. The zero-order valence-corrected chi connectivity index (χ0v) is 10.7. The van der Waals surface area contributed by atoms with E-state index in [-0.39, 0.29) is 24.9 Å². The van der Waals surface area contributed by atoms with Gasteiger partial charge in [0.15, 0.2) is 0 Å². The van der Waals surface area contributed by atoms with E-state index in [2.05, 4.69) is 5.32 Å². The van der Waals surface area contributed by atoms with Crippen LogP contribution in [0.1, 0.15) is 0 Å². The second kappa shape index (κ2) is 7.55. The number of hydrogen-bond acceptors (Lipinski definition) is 4. The number of rotatable bonds is 6. The Morgan fingerprint density at radius 3 is 2.59 bits per heavy atom. The molecule has 0 atom stereocenters. The van der Waals surface area contributed by atoms with Crippen LogP contribution in [0.5, 0.6) is 0 Å². The van der Waals surface area contributed by atoms with Crippen molar-refractivity contribution in [3.05, 3.63) is 29.3 Å². The number of nitrogens with one attached hydrogen (secondary N) is 1. The first-order valence-corrected chi connectivity index (χ1v) is 6.42. The van der Waals surface area contributed by atoms with Crippen molar-refractivity contribution in [1.82, 2.24) is 5.32 Å². The van der Waals surface area contributed by atoms with Crippen LogP contribution in [-0.2, 0) is 4.79 Å². The molecule has 1 rings (SSSR count). The maximum absolute atomic E-state index is 11.5. The van der Waals surface area contributed by atoms with Gasteiger partial charge in [0.25, 0.3) is 0 Å². The lowest BCUT2D eigenvalue weighted by molar-refractivity contribution is -0.119. The summed E-state index contributed by atoms with van der Waals surface area (Å²) in [4.78, 5) is 12.3. The standard InChI is InChI=1S/C11H14ClNO3S/c12-9-3-1-2-4-10(9)17-7-11(16)13-8(5-14)6-15/h1-4,8,14-15H,5-7H2,(H,13,16). The van der Waals surface area contributed by atoms with Crippen molar-refractivity contribution in [2.24, 2.45) is 0 Å². The molecule has 0 aliphatic carbocycles. The fraction of sp³-hybridized carbons (Fsp3) is 0.364. The van der Waals surface area contributed by atoms with Gasteiger partial charge in [-0.1, -0.05) is 23.7 Å². The van der Waals surface area contributed by atoms with Crippen molar-refractivity contribution >= 4 is 29.3 Å². The van der Waals surface area contributed by atoms with E-state index in [1.54, 1.807) is 6.07 Å². The number of aliphatic hydroxyl groups is 2. The fourth-order valence-electron chi connectivity index (χ4n) is 1.12. The second-order valence-electron chi connectivity index (χ2n) is 3.35. The van der Waals surface area contributed by atoms with Crippen molar-refractivity contribution in [3.8, 4) is 0 Å². The van der Waals surface area contributed by atoms with Crippen LogP contribution in [0, 0.1) is 0 Å². The second-order valence-corrected chi connectivity index (χ2v) is 4.77. The van der Waals surface area contributed by atoms with Crippen molar-refractivity contribution < 1.29 is 15.0 Å². The molecule has 0 saturated heterocycles. The summed E-state index contributed by atoms with van der Waals surface area (Å²) in [5.41, 5.74) is 0. The Labute approximate surface area is 109 Å². The Bertz CT molecular complexity index is 371. The number of hydrogen-bond donors (Lipinski definition) is 3. The molecule has 0 bridgehead atoms. The van der Waals surface area contributed by atoms with E-state index in [1.807, 2.05) is 18.2 Å². The number of benzene rings is 1. The van der Waals surface area contributed by atoms with Crippen LogP contribution in [0.25, 0.3) is 0 Å². The van der Waals surface area contributed by atoms with Crippen LogP contribution in [0.15, 0.2) is 29.2 Å². The minimum atomic E-state index is -0.602. The van der Waals surface area contributed by atoms with Gasteiger partial charge in [-0.25, -0.2) is 0 Å². The molecule has 0 aliphatic heterocycles. The van der Waals surface area contributed by atoms with Gasteiger partial charge in [0.2, 0.25) is 5.91 Å². The molecule has 0 radical (unpaired) electrons. The molecule has 17 heavy (non-hydrogen) atoms. The monoisotopic (exact) mass is 275 g/mol. The molecule has 0 saturated carbocycles. The lowest BCUT2D eigenvalue weighted by Crippen LogP contribution is -2.40. The third-order valence-corrected chi connectivity index (χ3v) is 3.52. The van der Waals surface area contributed by atoms with Gasteiger partial charge in [-0.05, 0) is 12.1 Å². The number of amides is 1. The lowest BCUT2D eigenvalue weighted by atomic mass is 10.3. The summed E-state index contributed by atoms with van der Waals surface area (Å²) in [6, 6.07) is 6.65. The van der Waals surface area contributed by atoms with Gasteiger partial charge in [-0.3, -0.25) is 4.79 Å².